The highest BCUT2D eigenvalue weighted by atomic mass is 19.2. The quantitative estimate of drug-likeness (QED) is 0.199. The Morgan fingerprint density at radius 2 is 1.30 bits per heavy atom. The summed E-state index contributed by atoms with van der Waals surface area (Å²) < 4.78 is 69.7. The van der Waals surface area contributed by atoms with Crippen LogP contribution in [0.4, 0.5) is 22.0 Å². The van der Waals surface area contributed by atoms with E-state index in [0.717, 1.165) is 43.4 Å². The number of aryl methyl sites for hydroxylation is 2. The van der Waals surface area contributed by atoms with Crippen molar-refractivity contribution >= 4 is 0 Å². The molecule has 1 fully saturated rings. The molecule has 0 bridgehead atoms. The summed E-state index contributed by atoms with van der Waals surface area (Å²) in [5.41, 5.74) is 2.40. The van der Waals surface area contributed by atoms with E-state index >= 15 is 0 Å². The summed E-state index contributed by atoms with van der Waals surface area (Å²) in [5.74, 6) is -5.05. The van der Waals surface area contributed by atoms with E-state index in [9.17, 15) is 22.0 Å². The molecular formula is C28H25F5. The third-order valence-electron chi connectivity index (χ3n) is 6.67. The van der Waals surface area contributed by atoms with E-state index < -0.39 is 29.1 Å². The van der Waals surface area contributed by atoms with Gasteiger partial charge in [0.15, 0.2) is 29.1 Å². The number of allylic oxidation sites excluding steroid dienone is 1. The van der Waals surface area contributed by atoms with Gasteiger partial charge in [0.2, 0.25) is 0 Å². The van der Waals surface area contributed by atoms with Gasteiger partial charge in [-0.3, -0.25) is 0 Å². The predicted molar refractivity (Wildman–Crippen MR) is 120 cm³/mol. The minimum Gasteiger partial charge on any atom is -0.204 e. The summed E-state index contributed by atoms with van der Waals surface area (Å²) in [4.78, 5) is 0. The second-order valence-electron chi connectivity index (χ2n) is 8.75. The van der Waals surface area contributed by atoms with E-state index in [4.69, 9.17) is 0 Å². The molecule has 0 N–H and O–H groups in total. The number of hydrogen-bond donors (Lipinski definition) is 0. The molecule has 0 nitrogen and oxygen atoms in total. The number of halogens is 5. The van der Waals surface area contributed by atoms with Crippen molar-refractivity contribution in [2.45, 2.75) is 44.4 Å². The normalized spacial score (nSPS) is 18.3. The Hall–Kier alpha value is -2.95. The first kappa shape index (κ1) is 23.2. The highest BCUT2D eigenvalue weighted by molar-refractivity contribution is 5.65. The molecule has 0 heterocycles. The van der Waals surface area contributed by atoms with Crippen LogP contribution in [-0.2, 0) is 12.8 Å². The van der Waals surface area contributed by atoms with Crippen LogP contribution in [-0.4, -0.2) is 0 Å². The van der Waals surface area contributed by atoms with Gasteiger partial charge in [-0.1, -0.05) is 42.5 Å². The van der Waals surface area contributed by atoms with Gasteiger partial charge < -0.3 is 0 Å². The molecule has 0 aliphatic heterocycles. The van der Waals surface area contributed by atoms with Crippen molar-refractivity contribution in [3.05, 3.63) is 107 Å². The van der Waals surface area contributed by atoms with E-state index in [-0.39, 0.29) is 11.5 Å². The second kappa shape index (κ2) is 9.90. The summed E-state index contributed by atoms with van der Waals surface area (Å²) >= 11 is 0. The summed E-state index contributed by atoms with van der Waals surface area (Å²) in [6.07, 6.45) is 6.25. The van der Waals surface area contributed by atoms with Gasteiger partial charge in [0, 0.05) is 5.56 Å². The number of rotatable bonds is 6. The van der Waals surface area contributed by atoms with Gasteiger partial charge in [-0.15, -0.1) is 6.58 Å². The molecule has 3 aromatic rings. The van der Waals surface area contributed by atoms with Gasteiger partial charge in [-0.25, -0.2) is 22.0 Å². The number of benzene rings is 3. The first-order valence-corrected chi connectivity index (χ1v) is 11.2. The van der Waals surface area contributed by atoms with Crippen LogP contribution in [0, 0.1) is 35.0 Å². The van der Waals surface area contributed by atoms with Crippen molar-refractivity contribution in [3.63, 3.8) is 0 Å². The highest BCUT2D eigenvalue weighted by Crippen LogP contribution is 2.39. The molecule has 1 saturated carbocycles. The summed E-state index contributed by atoms with van der Waals surface area (Å²) in [7, 11) is 0. The Bertz CT molecular complexity index is 1120. The van der Waals surface area contributed by atoms with Crippen molar-refractivity contribution in [2.24, 2.45) is 5.92 Å². The van der Waals surface area contributed by atoms with Crippen LogP contribution in [0.5, 0.6) is 0 Å². The van der Waals surface area contributed by atoms with Crippen molar-refractivity contribution in [1.82, 2.24) is 0 Å². The largest absolute Gasteiger partial charge is 0.204 e. The molecule has 5 heteroatoms. The molecule has 0 unspecified atom stereocenters. The summed E-state index contributed by atoms with van der Waals surface area (Å²) in [6.45, 7) is 3.82. The molecule has 33 heavy (non-hydrogen) atoms. The lowest BCUT2D eigenvalue weighted by atomic mass is 9.78. The number of hydrogen-bond acceptors (Lipinski definition) is 0. The first-order chi connectivity index (χ1) is 15.9. The summed E-state index contributed by atoms with van der Waals surface area (Å²) in [5, 5.41) is 0. The molecular weight excluding hydrogens is 431 g/mol. The maximum absolute atomic E-state index is 14.9. The van der Waals surface area contributed by atoms with Crippen molar-refractivity contribution < 1.29 is 22.0 Å². The van der Waals surface area contributed by atoms with E-state index in [0.29, 0.717) is 35.4 Å². The molecule has 0 radical (unpaired) electrons. The Labute approximate surface area is 190 Å². The molecule has 0 atom stereocenters. The maximum atomic E-state index is 14.9. The molecule has 1 aliphatic carbocycles. The van der Waals surface area contributed by atoms with Gasteiger partial charge in [-0.2, -0.15) is 0 Å². The molecule has 3 aromatic carbocycles. The van der Waals surface area contributed by atoms with Gasteiger partial charge in [0.05, 0.1) is 0 Å². The molecule has 172 valence electrons. The second-order valence-corrected chi connectivity index (χ2v) is 8.75. The molecule has 0 saturated heterocycles. The van der Waals surface area contributed by atoms with Crippen molar-refractivity contribution in [3.8, 4) is 11.1 Å². The minimum absolute atomic E-state index is 0.0215. The standard InChI is InChI=1S/C28H25F5/c1-2-17-5-9-20(10-6-17)22-13-14-23(27(32)26(22)31)21-11-7-18(8-12-21)3-4-19-15-24(29)28(33)25(30)16-19/h2,7-8,11-17,20H,1,3-6,9-10H2. The van der Waals surface area contributed by atoms with Gasteiger partial charge in [0.25, 0.3) is 0 Å². The van der Waals surface area contributed by atoms with Gasteiger partial charge in [0.1, 0.15) is 0 Å². The zero-order valence-corrected chi connectivity index (χ0v) is 18.2. The SMILES string of the molecule is C=CC1CCC(c2ccc(-c3ccc(CCc4cc(F)c(F)c(F)c4)cc3)c(F)c2F)CC1. The Balaban J connectivity index is 1.46. The van der Waals surface area contributed by atoms with Crippen LogP contribution in [0.1, 0.15) is 48.3 Å². The van der Waals surface area contributed by atoms with Crippen LogP contribution < -0.4 is 0 Å². The van der Waals surface area contributed by atoms with E-state index in [1.54, 1.807) is 36.4 Å². The molecule has 1 aliphatic rings. The average molecular weight is 456 g/mol. The zero-order chi connectivity index (χ0) is 23.5. The fourth-order valence-corrected chi connectivity index (χ4v) is 4.66. The zero-order valence-electron chi connectivity index (χ0n) is 18.2. The lowest BCUT2D eigenvalue weighted by Gasteiger charge is -2.27. The van der Waals surface area contributed by atoms with E-state index in [1.165, 1.54) is 0 Å². The Morgan fingerprint density at radius 1 is 0.697 bits per heavy atom. The van der Waals surface area contributed by atoms with Crippen LogP contribution >= 0.6 is 0 Å². The van der Waals surface area contributed by atoms with Crippen LogP contribution in [0.25, 0.3) is 11.1 Å². The topological polar surface area (TPSA) is 0 Å². The molecule has 0 aromatic heterocycles. The highest BCUT2D eigenvalue weighted by Gasteiger charge is 2.25. The smallest absolute Gasteiger partial charge is 0.194 e. The molecule has 0 amide bonds. The van der Waals surface area contributed by atoms with Gasteiger partial charge in [-0.05, 0) is 84.7 Å². The fourth-order valence-electron chi connectivity index (χ4n) is 4.66. The van der Waals surface area contributed by atoms with Gasteiger partial charge >= 0.3 is 0 Å². The third-order valence-corrected chi connectivity index (χ3v) is 6.67. The lowest BCUT2D eigenvalue weighted by Crippen LogP contribution is -2.13. The molecule has 4 rings (SSSR count). The van der Waals surface area contributed by atoms with Crippen LogP contribution in [0.3, 0.4) is 0 Å². The first-order valence-electron chi connectivity index (χ1n) is 11.2. The van der Waals surface area contributed by atoms with E-state index in [2.05, 4.69) is 6.58 Å². The third kappa shape index (κ3) is 5.02. The Morgan fingerprint density at radius 3 is 1.91 bits per heavy atom. The lowest BCUT2D eigenvalue weighted by molar-refractivity contribution is 0.364. The summed E-state index contributed by atoms with van der Waals surface area (Å²) in [6, 6.07) is 12.2. The fraction of sp³-hybridized carbons (Fsp3) is 0.286. The monoisotopic (exact) mass is 456 g/mol. The maximum Gasteiger partial charge on any atom is 0.194 e. The van der Waals surface area contributed by atoms with Crippen molar-refractivity contribution in [2.75, 3.05) is 0 Å². The van der Waals surface area contributed by atoms with E-state index in [1.807, 2.05) is 6.08 Å². The minimum atomic E-state index is -1.48. The van der Waals surface area contributed by atoms with Crippen LogP contribution in [0.2, 0.25) is 0 Å². The Kier molecular flexibility index (Phi) is 6.96. The molecule has 0 spiro atoms. The average Bonchev–Trinajstić information content (AvgIpc) is 2.83. The van der Waals surface area contributed by atoms with Crippen molar-refractivity contribution in [1.29, 1.82) is 0 Å². The van der Waals surface area contributed by atoms with Crippen LogP contribution in [0.15, 0.2) is 61.2 Å². The predicted octanol–water partition coefficient (Wildman–Crippen LogP) is 8.29.